The molecule has 0 spiro atoms. The van der Waals surface area contributed by atoms with Crippen LogP contribution < -0.4 is 4.90 Å². The Morgan fingerprint density at radius 1 is 1.11 bits per heavy atom. The molecule has 1 nitrogen and oxygen atoms in total. The van der Waals surface area contributed by atoms with Gasteiger partial charge in [0.05, 0.1) is 11.4 Å². The molecule has 1 heterocycles. The second-order valence-electron chi connectivity index (χ2n) is 4.41. The lowest BCUT2D eigenvalue weighted by Gasteiger charge is -2.32. The minimum absolute atomic E-state index is 0.780. The van der Waals surface area contributed by atoms with Gasteiger partial charge in [-0.25, -0.2) is 0 Å². The minimum atomic E-state index is 0.780. The molecule has 0 bridgehead atoms. The molecule has 3 rings (SSSR count). The zero-order valence-electron chi connectivity index (χ0n) is 10.5. The van der Waals surface area contributed by atoms with Crippen molar-refractivity contribution in [2.24, 2.45) is 0 Å². The number of fused-ring (bicyclic) bond motifs is 2. The first-order valence-corrected chi connectivity index (χ1v) is 7.44. The van der Waals surface area contributed by atoms with Gasteiger partial charge in [0.15, 0.2) is 0 Å². The molecule has 1 aliphatic heterocycles. The lowest BCUT2D eigenvalue weighted by molar-refractivity contribution is 0.914. The molecule has 0 saturated heterocycles. The van der Waals surface area contributed by atoms with Gasteiger partial charge in [-0.05, 0) is 36.8 Å². The largest absolute Gasteiger partial charge is 0.339 e. The van der Waals surface area contributed by atoms with Gasteiger partial charge in [-0.2, -0.15) is 0 Å². The molecule has 0 saturated carbocycles. The van der Waals surface area contributed by atoms with Gasteiger partial charge in [0, 0.05) is 21.4 Å². The van der Waals surface area contributed by atoms with Crippen molar-refractivity contribution in [1.29, 1.82) is 0 Å². The summed E-state index contributed by atoms with van der Waals surface area (Å²) in [5.74, 6) is 0. The van der Waals surface area contributed by atoms with Crippen LogP contribution in [0.15, 0.2) is 64.9 Å². The van der Waals surface area contributed by atoms with Crippen molar-refractivity contribution in [2.45, 2.75) is 16.2 Å². The van der Waals surface area contributed by atoms with E-state index in [2.05, 4.69) is 41.8 Å². The molecule has 19 heavy (non-hydrogen) atoms. The van der Waals surface area contributed by atoms with Crippen molar-refractivity contribution in [1.82, 2.24) is 0 Å². The summed E-state index contributed by atoms with van der Waals surface area (Å²) in [7, 11) is 0. The normalized spacial score (nSPS) is 12.8. The average molecular weight is 288 g/mol. The number of anilines is 2. The van der Waals surface area contributed by atoms with Gasteiger partial charge < -0.3 is 4.90 Å². The van der Waals surface area contributed by atoms with E-state index in [9.17, 15) is 0 Å². The fourth-order valence-corrected chi connectivity index (χ4v) is 3.51. The van der Waals surface area contributed by atoms with Crippen molar-refractivity contribution in [3.05, 3.63) is 60.1 Å². The molecule has 0 fully saturated rings. The topological polar surface area (TPSA) is 3.24 Å². The maximum atomic E-state index is 6.15. The van der Waals surface area contributed by atoms with Gasteiger partial charge in [0.25, 0.3) is 0 Å². The first kappa shape index (κ1) is 12.6. The summed E-state index contributed by atoms with van der Waals surface area (Å²) in [5.41, 5.74) is 2.45. The highest BCUT2D eigenvalue weighted by atomic mass is 35.5. The van der Waals surface area contributed by atoms with Crippen LogP contribution >= 0.6 is 23.4 Å². The number of rotatable bonds is 3. The first-order valence-electron chi connectivity index (χ1n) is 6.24. The molecule has 0 aliphatic carbocycles. The Morgan fingerprint density at radius 2 is 1.89 bits per heavy atom. The van der Waals surface area contributed by atoms with Crippen LogP contribution in [0.2, 0.25) is 5.02 Å². The zero-order valence-corrected chi connectivity index (χ0v) is 12.0. The predicted molar refractivity (Wildman–Crippen MR) is 83.8 cm³/mol. The van der Waals surface area contributed by atoms with Crippen LogP contribution in [0, 0.1) is 0 Å². The molecule has 0 unspecified atom stereocenters. The second kappa shape index (κ2) is 5.32. The summed E-state index contributed by atoms with van der Waals surface area (Å²) >= 11 is 7.95. The SMILES string of the molecule is C=CCCN1c2ccccc2Sc2ccc(Cl)cc21. The minimum Gasteiger partial charge on any atom is -0.339 e. The standard InChI is InChI=1S/C16H14ClNS/c1-2-3-10-18-13-6-4-5-7-15(13)19-16-9-8-12(17)11-14(16)18/h2,4-9,11H,1,3,10H2. The quantitative estimate of drug-likeness (QED) is 0.684. The van der Waals surface area contributed by atoms with E-state index >= 15 is 0 Å². The van der Waals surface area contributed by atoms with Gasteiger partial charge in [-0.3, -0.25) is 0 Å². The summed E-state index contributed by atoms with van der Waals surface area (Å²) in [6.07, 6.45) is 2.90. The van der Waals surface area contributed by atoms with E-state index in [1.54, 1.807) is 11.8 Å². The molecule has 0 aromatic heterocycles. The molecular formula is C16H14ClNS. The van der Waals surface area contributed by atoms with E-state index in [1.165, 1.54) is 21.2 Å². The summed E-state index contributed by atoms with van der Waals surface area (Å²) < 4.78 is 0. The molecule has 3 heteroatoms. The average Bonchev–Trinajstić information content (AvgIpc) is 2.44. The predicted octanol–water partition coefficient (Wildman–Crippen LogP) is 5.52. The van der Waals surface area contributed by atoms with Crippen molar-refractivity contribution in [3.63, 3.8) is 0 Å². The lowest BCUT2D eigenvalue weighted by Crippen LogP contribution is -2.21. The van der Waals surface area contributed by atoms with Crippen molar-refractivity contribution < 1.29 is 0 Å². The van der Waals surface area contributed by atoms with Gasteiger partial charge >= 0.3 is 0 Å². The van der Waals surface area contributed by atoms with Crippen LogP contribution in [0.1, 0.15) is 6.42 Å². The third-order valence-electron chi connectivity index (χ3n) is 3.14. The highest BCUT2D eigenvalue weighted by Crippen LogP contribution is 2.48. The Kier molecular flexibility index (Phi) is 3.54. The van der Waals surface area contributed by atoms with E-state index in [0.717, 1.165) is 18.0 Å². The van der Waals surface area contributed by atoms with E-state index < -0.39 is 0 Å². The smallest absolute Gasteiger partial charge is 0.0567 e. The Balaban J connectivity index is 2.10. The molecule has 2 aromatic carbocycles. The third kappa shape index (κ3) is 2.38. The molecular weight excluding hydrogens is 274 g/mol. The zero-order chi connectivity index (χ0) is 13.2. The molecule has 0 radical (unpaired) electrons. The molecule has 1 aliphatic rings. The number of para-hydroxylation sites is 1. The fourth-order valence-electron chi connectivity index (χ4n) is 2.26. The third-order valence-corrected chi connectivity index (χ3v) is 4.51. The van der Waals surface area contributed by atoms with Crippen LogP contribution in [-0.2, 0) is 0 Å². The van der Waals surface area contributed by atoms with Crippen molar-refractivity contribution in [2.75, 3.05) is 11.4 Å². The lowest BCUT2D eigenvalue weighted by atomic mass is 10.2. The van der Waals surface area contributed by atoms with Crippen LogP contribution in [0.3, 0.4) is 0 Å². The van der Waals surface area contributed by atoms with Gasteiger partial charge in [-0.15, -0.1) is 6.58 Å². The molecule has 2 aromatic rings. The van der Waals surface area contributed by atoms with Crippen LogP contribution in [0.5, 0.6) is 0 Å². The number of halogens is 1. The maximum Gasteiger partial charge on any atom is 0.0567 e. The van der Waals surface area contributed by atoms with Crippen LogP contribution in [-0.4, -0.2) is 6.54 Å². The van der Waals surface area contributed by atoms with E-state index in [-0.39, 0.29) is 0 Å². The van der Waals surface area contributed by atoms with E-state index in [4.69, 9.17) is 11.6 Å². The molecule has 96 valence electrons. The van der Waals surface area contributed by atoms with Gasteiger partial charge in [0.1, 0.15) is 0 Å². The summed E-state index contributed by atoms with van der Waals surface area (Å²) in [6, 6.07) is 14.6. The molecule has 0 amide bonds. The van der Waals surface area contributed by atoms with E-state index in [0.29, 0.717) is 0 Å². The Labute approximate surface area is 122 Å². The Hall–Kier alpha value is -1.38. The van der Waals surface area contributed by atoms with E-state index in [1.807, 2.05) is 18.2 Å². The second-order valence-corrected chi connectivity index (χ2v) is 5.93. The number of hydrogen-bond acceptors (Lipinski definition) is 2. The van der Waals surface area contributed by atoms with Gasteiger partial charge in [-0.1, -0.05) is 41.6 Å². The fraction of sp³-hybridized carbons (Fsp3) is 0.125. The maximum absolute atomic E-state index is 6.15. The number of benzene rings is 2. The monoisotopic (exact) mass is 287 g/mol. The van der Waals surface area contributed by atoms with Crippen LogP contribution in [0.4, 0.5) is 11.4 Å². The van der Waals surface area contributed by atoms with Crippen molar-refractivity contribution >= 4 is 34.7 Å². The van der Waals surface area contributed by atoms with Crippen molar-refractivity contribution in [3.8, 4) is 0 Å². The summed E-state index contributed by atoms with van der Waals surface area (Å²) in [4.78, 5) is 4.88. The van der Waals surface area contributed by atoms with Crippen LogP contribution in [0.25, 0.3) is 0 Å². The van der Waals surface area contributed by atoms with Gasteiger partial charge in [0.2, 0.25) is 0 Å². The Morgan fingerprint density at radius 3 is 2.74 bits per heavy atom. The molecule has 0 atom stereocenters. The Bertz CT molecular complexity index is 624. The number of hydrogen-bond donors (Lipinski definition) is 0. The highest BCUT2D eigenvalue weighted by Gasteiger charge is 2.22. The summed E-state index contributed by atoms with van der Waals surface area (Å²) in [6.45, 7) is 4.74. The summed E-state index contributed by atoms with van der Waals surface area (Å²) in [5, 5.41) is 0.780. The first-order chi connectivity index (χ1) is 9.29. The molecule has 0 N–H and O–H groups in total. The highest BCUT2D eigenvalue weighted by molar-refractivity contribution is 7.99. The number of nitrogens with zero attached hydrogens (tertiary/aromatic N) is 1.